The highest BCUT2D eigenvalue weighted by molar-refractivity contribution is 5.96. The second-order valence-electron chi connectivity index (χ2n) is 5.13. The Morgan fingerprint density at radius 3 is 2.27 bits per heavy atom. The molecule has 0 unspecified atom stereocenters. The minimum absolute atomic E-state index is 0.0902. The number of anilines is 1. The molecule has 0 radical (unpaired) electrons. The number of amides is 1. The molecule has 2 heterocycles. The summed E-state index contributed by atoms with van der Waals surface area (Å²) in [4.78, 5) is 33.7. The van der Waals surface area contributed by atoms with Crippen LogP contribution in [0.4, 0.5) is 11.4 Å². The Morgan fingerprint density at radius 2 is 1.73 bits per heavy atom. The Labute approximate surface area is 124 Å². The summed E-state index contributed by atoms with van der Waals surface area (Å²) < 4.78 is 5.43. The average molecular weight is 304 g/mol. The van der Waals surface area contributed by atoms with Crippen molar-refractivity contribution >= 4 is 23.3 Å². The van der Waals surface area contributed by atoms with Gasteiger partial charge in [-0.05, 0) is 12.1 Å². The number of nitro benzene ring substituents is 1. The SMILES string of the molecule is O=C(O)[C@@H]1[C@H](C(=O)Nc2ccc([N+](=O)[O-])cc2)[C@@H]2C=C[C@@H]1O2. The third kappa shape index (κ3) is 2.33. The largest absolute Gasteiger partial charge is 0.481 e. The lowest BCUT2D eigenvalue weighted by Gasteiger charge is -2.20. The van der Waals surface area contributed by atoms with Gasteiger partial charge in [0.25, 0.3) is 5.69 Å². The van der Waals surface area contributed by atoms with E-state index in [-0.39, 0.29) is 5.69 Å². The molecule has 3 rings (SSSR count). The summed E-state index contributed by atoms with van der Waals surface area (Å²) in [6.45, 7) is 0. The number of aliphatic carboxylic acids is 1. The molecule has 8 nitrogen and oxygen atoms in total. The number of non-ortho nitro benzene ring substituents is 1. The summed E-state index contributed by atoms with van der Waals surface area (Å²) in [5.74, 6) is -3.30. The van der Waals surface area contributed by atoms with Crippen molar-refractivity contribution in [3.63, 3.8) is 0 Å². The minimum Gasteiger partial charge on any atom is -0.481 e. The molecule has 114 valence electrons. The summed E-state index contributed by atoms with van der Waals surface area (Å²) in [5.41, 5.74) is 0.277. The Bertz CT molecular complexity index is 668. The van der Waals surface area contributed by atoms with Gasteiger partial charge in [-0.2, -0.15) is 0 Å². The maximum absolute atomic E-state index is 12.3. The Balaban J connectivity index is 1.75. The standard InChI is InChI=1S/C14H12N2O6/c17-13(15-7-1-3-8(4-2-7)16(20)21)11-9-5-6-10(22-9)12(11)14(18)19/h1-6,9-12H,(H,15,17)(H,18,19)/t9-,10-,11+,12-/m0/s1. The molecule has 1 aromatic rings. The van der Waals surface area contributed by atoms with Gasteiger partial charge in [-0.15, -0.1) is 0 Å². The molecule has 1 saturated heterocycles. The monoisotopic (exact) mass is 304 g/mol. The Hall–Kier alpha value is -2.74. The van der Waals surface area contributed by atoms with Crippen LogP contribution in [-0.4, -0.2) is 34.1 Å². The lowest BCUT2D eigenvalue weighted by molar-refractivity contribution is -0.384. The average Bonchev–Trinajstić information content (AvgIpc) is 3.08. The minimum atomic E-state index is -1.08. The molecule has 22 heavy (non-hydrogen) atoms. The van der Waals surface area contributed by atoms with Crippen molar-refractivity contribution in [2.24, 2.45) is 11.8 Å². The van der Waals surface area contributed by atoms with E-state index in [9.17, 15) is 24.8 Å². The number of fused-ring (bicyclic) bond motifs is 2. The van der Waals surface area contributed by atoms with E-state index in [0.29, 0.717) is 5.69 Å². The van der Waals surface area contributed by atoms with Crippen LogP contribution >= 0.6 is 0 Å². The number of benzene rings is 1. The molecule has 0 aliphatic carbocycles. The van der Waals surface area contributed by atoms with Gasteiger partial charge in [-0.1, -0.05) is 12.2 Å². The molecular formula is C14H12N2O6. The van der Waals surface area contributed by atoms with Crippen molar-refractivity contribution in [2.75, 3.05) is 5.32 Å². The van der Waals surface area contributed by atoms with Gasteiger partial charge in [0.2, 0.25) is 5.91 Å². The third-order valence-corrected chi connectivity index (χ3v) is 3.83. The van der Waals surface area contributed by atoms with Crippen LogP contribution in [0.3, 0.4) is 0 Å². The van der Waals surface area contributed by atoms with Gasteiger partial charge in [-0.3, -0.25) is 19.7 Å². The quantitative estimate of drug-likeness (QED) is 0.490. The molecule has 2 N–H and O–H groups in total. The maximum Gasteiger partial charge on any atom is 0.310 e. The smallest absolute Gasteiger partial charge is 0.310 e. The predicted octanol–water partition coefficient (Wildman–Crippen LogP) is 1.19. The molecule has 0 saturated carbocycles. The number of carboxylic acids is 1. The molecule has 4 atom stereocenters. The van der Waals surface area contributed by atoms with Crippen LogP contribution in [0.5, 0.6) is 0 Å². The van der Waals surface area contributed by atoms with Crippen LogP contribution in [0.25, 0.3) is 0 Å². The Kier molecular flexibility index (Phi) is 3.38. The van der Waals surface area contributed by atoms with E-state index < -0.39 is 40.8 Å². The maximum atomic E-state index is 12.3. The zero-order valence-corrected chi connectivity index (χ0v) is 11.2. The number of rotatable bonds is 4. The first-order valence-electron chi connectivity index (χ1n) is 6.59. The summed E-state index contributed by atoms with van der Waals surface area (Å²) in [6, 6.07) is 5.33. The second kappa shape index (κ2) is 5.23. The highest BCUT2D eigenvalue weighted by Crippen LogP contribution is 2.39. The molecule has 2 bridgehead atoms. The van der Waals surface area contributed by atoms with Crippen molar-refractivity contribution < 1.29 is 24.4 Å². The topological polar surface area (TPSA) is 119 Å². The van der Waals surface area contributed by atoms with Crippen LogP contribution in [0.2, 0.25) is 0 Å². The highest BCUT2D eigenvalue weighted by Gasteiger charge is 2.53. The first kappa shape index (κ1) is 14.2. The van der Waals surface area contributed by atoms with E-state index in [2.05, 4.69) is 5.32 Å². The van der Waals surface area contributed by atoms with E-state index in [0.717, 1.165) is 0 Å². The van der Waals surface area contributed by atoms with Crippen molar-refractivity contribution in [1.29, 1.82) is 0 Å². The van der Waals surface area contributed by atoms with Crippen molar-refractivity contribution in [3.8, 4) is 0 Å². The Morgan fingerprint density at radius 1 is 1.14 bits per heavy atom. The first-order chi connectivity index (χ1) is 10.5. The summed E-state index contributed by atoms with van der Waals surface area (Å²) in [7, 11) is 0. The van der Waals surface area contributed by atoms with Crippen molar-refractivity contribution in [3.05, 3.63) is 46.5 Å². The molecule has 2 aliphatic heterocycles. The lowest BCUT2D eigenvalue weighted by atomic mass is 9.82. The fourth-order valence-corrected chi connectivity index (χ4v) is 2.81. The van der Waals surface area contributed by atoms with Crippen molar-refractivity contribution in [1.82, 2.24) is 0 Å². The predicted molar refractivity (Wildman–Crippen MR) is 74.1 cm³/mol. The van der Waals surface area contributed by atoms with E-state index >= 15 is 0 Å². The summed E-state index contributed by atoms with van der Waals surface area (Å²) in [6.07, 6.45) is 2.20. The van der Waals surface area contributed by atoms with Gasteiger partial charge in [0.15, 0.2) is 0 Å². The zero-order chi connectivity index (χ0) is 15.9. The van der Waals surface area contributed by atoms with Gasteiger partial charge in [0, 0.05) is 17.8 Å². The number of nitrogens with zero attached hydrogens (tertiary/aromatic N) is 1. The van der Waals surface area contributed by atoms with Gasteiger partial charge >= 0.3 is 5.97 Å². The number of ether oxygens (including phenoxy) is 1. The van der Waals surface area contributed by atoms with Gasteiger partial charge in [0.05, 0.1) is 23.0 Å². The van der Waals surface area contributed by atoms with E-state index in [1.54, 1.807) is 12.2 Å². The molecule has 1 amide bonds. The fourth-order valence-electron chi connectivity index (χ4n) is 2.81. The van der Waals surface area contributed by atoms with E-state index in [1.165, 1.54) is 24.3 Å². The van der Waals surface area contributed by atoms with Crippen LogP contribution in [0.15, 0.2) is 36.4 Å². The molecule has 1 aromatic carbocycles. The number of hydrogen-bond acceptors (Lipinski definition) is 5. The zero-order valence-electron chi connectivity index (χ0n) is 11.2. The summed E-state index contributed by atoms with van der Waals surface area (Å²) in [5, 5.41) is 22.4. The number of nitrogens with one attached hydrogen (secondary N) is 1. The second-order valence-corrected chi connectivity index (χ2v) is 5.13. The fraction of sp³-hybridized carbons (Fsp3) is 0.286. The third-order valence-electron chi connectivity index (χ3n) is 3.83. The first-order valence-corrected chi connectivity index (χ1v) is 6.59. The van der Waals surface area contributed by atoms with Crippen LogP contribution < -0.4 is 5.32 Å². The molecule has 0 spiro atoms. The molecule has 1 fully saturated rings. The van der Waals surface area contributed by atoms with Gasteiger partial charge in [-0.25, -0.2) is 0 Å². The van der Waals surface area contributed by atoms with Gasteiger partial charge in [0.1, 0.15) is 5.92 Å². The van der Waals surface area contributed by atoms with E-state index in [1.807, 2.05) is 0 Å². The van der Waals surface area contributed by atoms with Crippen LogP contribution in [0.1, 0.15) is 0 Å². The lowest BCUT2D eigenvalue weighted by Crippen LogP contribution is -2.39. The molecule has 0 aromatic heterocycles. The van der Waals surface area contributed by atoms with E-state index in [4.69, 9.17) is 4.74 Å². The van der Waals surface area contributed by atoms with Crippen molar-refractivity contribution in [2.45, 2.75) is 12.2 Å². The normalized spacial score (nSPS) is 28.5. The number of carboxylic acid groups (broad SMARTS) is 1. The van der Waals surface area contributed by atoms with Crippen LogP contribution in [0, 0.1) is 22.0 Å². The number of nitro groups is 1. The van der Waals surface area contributed by atoms with Gasteiger partial charge < -0.3 is 15.2 Å². The molecule has 8 heteroatoms. The molecule has 2 aliphatic rings. The number of hydrogen-bond donors (Lipinski definition) is 2. The number of carbonyl (C=O) groups excluding carboxylic acids is 1. The van der Waals surface area contributed by atoms with Crippen LogP contribution in [-0.2, 0) is 14.3 Å². The summed E-state index contributed by atoms with van der Waals surface area (Å²) >= 11 is 0. The molecular weight excluding hydrogens is 292 g/mol. The highest BCUT2D eigenvalue weighted by atomic mass is 16.6. The number of carbonyl (C=O) groups is 2.